The number of furan rings is 1. The van der Waals surface area contributed by atoms with E-state index in [-0.39, 0.29) is 5.37 Å². The lowest BCUT2D eigenvalue weighted by atomic mass is 10.4. The molecule has 0 spiro atoms. The van der Waals surface area contributed by atoms with E-state index in [0.29, 0.717) is 12.3 Å². The van der Waals surface area contributed by atoms with Crippen LogP contribution in [0.1, 0.15) is 5.76 Å². The van der Waals surface area contributed by atoms with Crippen molar-refractivity contribution in [2.45, 2.75) is 11.9 Å². The molecule has 1 saturated heterocycles. The van der Waals surface area contributed by atoms with E-state index in [1.54, 1.807) is 18.0 Å². The van der Waals surface area contributed by atoms with Crippen LogP contribution in [0.5, 0.6) is 0 Å². The molecule has 1 atom stereocenters. The minimum absolute atomic E-state index is 0.336. The van der Waals surface area contributed by atoms with Gasteiger partial charge in [0.05, 0.1) is 12.8 Å². The minimum atomic E-state index is -3.00. The van der Waals surface area contributed by atoms with Crippen molar-refractivity contribution in [3.8, 4) is 0 Å². The zero-order chi connectivity index (χ0) is 13.7. The summed E-state index contributed by atoms with van der Waals surface area (Å²) in [6.45, 7) is 3.03. The zero-order valence-corrected chi connectivity index (χ0v) is 12.7. The minimum Gasteiger partial charge on any atom is -0.468 e. The van der Waals surface area contributed by atoms with E-state index in [1.165, 1.54) is 6.26 Å². The average Bonchev–Trinajstić information content (AvgIpc) is 2.87. The topological polar surface area (TPSA) is 62.6 Å². The average molecular weight is 304 g/mol. The SMILES string of the molecule is CS(=O)(=O)C1CSCCN1CCNCc1ccco1. The summed E-state index contributed by atoms with van der Waals surface area (Å²) in [6, 6.07) is 3.78. The molecule has 108 valence electrons. The van der Waals surface area contributed by atoms with Crippen molar-refractivity contribution >= 4 is 21.6 Å². The fourth-order valence-electron chi connectivity index (χ4n) is 2.11. The summed E-state index contributed by atoms with van der Waals surface area (Å²) < 4.78 is 28.7. The van der Waals surface area contributed by atoms with Gasteiger partial charge in [-0.15, -0.1) is 0 Å². The Bertz CT molecular complexity index is 473. The highest BCUT2D eigenvalue weighted by molar-refractivity contribution is 8.00. The number of sulfone groups is 1. The van der Waals surface area contributed by atoms with Crippen molar-refractivity contribution in [2.75, 3.05) is 37.4 Å². The van der Waals surface area contributed by atoms with E-state index < -0.39 is 9.84 Å². The summed E-state index contributed by atoms with van der Waals surface area (Å²) in [6.07, 6.45) is 2.98. The standard InChI is InChI=1S/C12H20N2O3S2/c1-19(15,16)12-10-18-8-6-14(12)5-4-13-9-11-3-2-7-17-11/h2-3,7,12-13H,4-6,8-10H2,1H3. The van der Waals surface area contributed by atoms with E-state index >= 15 is 0 Å². The summed E-state index contributed by atoms with van der Waals surface area (Å²) in [5.41, 5.74) is 0. The van der Waals surface area contributed by atoms with Crippen LogP contribution in [-0.2, 0) is 16.4 Å². The van der Waals surface area contributed by atoms with Gasteiger partial charge in [0.2, 0.25) is 0 Å². The quantitative estimate of drug-likeness (QED) is 0.784. The molecular weight excluding hydrogens is 284 g/mol. The molecule has 1 N–H and O–H groups in total. The first kappa shape index (κ1) is 14.9. The summed E-state index contributed by atoms with van der Waals surface area (Å²) in [5, 5.41) is 2.93. The highest BCUT2D eigenvalue weighted by Crippen LogP contribution is 2.19. The highest BCUT2D eigenvalue weighted by Gasteiger charge is 2.30. The Morgan fingerprint density at radius 2 is 2.42 bits per heavy atom. The predicted molar refractivity (Wildman–Crippen MR) is 77.9 cm³/mol. The maximum Gasteiger partial charge on any atom is 0.164 e. The Labute approximate surface area is 118 Å². The first-order valence-corrected chi connectivity index (χ1v) is 9.42. The van der Waals surface area contributed by atoms with Crippen LogP contribution in [0.3, 0.4) is 0 Å². The third-order valence-electron chi connectivity index (χ3n) is 3.14. The van der Waals surface area contributed by atoms with Crippen LogP contribution >= 0.6 is 11.8 Å². The monoisotopic (exact) mass is 304 g/mol. The summed E-state index contributed by atoms with van der Waals surface area (Å²) in [4.78, 5) is 2.06. The van der Waals surface area contributed by atoms with Gasteiger partial charge in [0.15, 0.2) is 9.84 Å². The van der Waals surface area contributed by atoms with Crippen molar-refractivity contribution in [1.82, 2.24) is 10.2 Å². The van der Waals surface area contributed by atoms with Gasteiger partial charge in [0, 0.05) is 37.4 Å². The number of thioether (sulfide) groups is 1. The third-order valence-corrected chi connectivity index (χ3v) is 5.83. The Balaban J connectivity index is 1.77. The molecule has 0 radical (unpaired) electrons. The second-order valence-electron chi connectivity index (χ2n) is 4.65. The van der Waals surface area contributed by atoms with Gasteiger partial charge in [0.25, 0.3) is 0 Å². The molecule has 1 unspecified atom stereocenters. The van der Waals surface area contributed by atoms with E-state index in [0.717, 1.165) is 31.1 Å². The van der Waals surface area contributed by atoms with Crippen LogP contribution in [-0.4, -0.2) is 56.1 Å². The third kappa shape index (κ3) is 4.52. The molecule has 0 aromatic carbocycles. The Morgan fingerprint density at radius 3 is 3.11 bits per heavy atom. The lowest BCUT2D eigenvalue weighted by Gasteiger charge is -2.33. The molecule has 0 bridgehead atoms. The van der Waals surface area contributed by atoms with Gasteiger partial charge >= 0.3 is 0 Å². The molecule has 0 saturated carbocycles. The fourth-order valence-corrected chi connectivity index (χ4v) is 5.09. The van der Waals surface area contributed by atoms with E-state index in [4.69, 9.17) is 4.42 Å². The van der Waals surface area contributed by atoms with Gasteiger partial charge in [-0.2, -0.15) is 11.8 Å². The number of hydrogen-bond acceptors (Lipinski definition) is 6. The number of nitrogens with one attached hydrogen (secondary N) is 1. The van der Waals surface area contributed by atoms with Gasteiger partial charge in [-0.05, 0) is 12.1 Å². The first-order chi connectivity index (χ1) is 9.07. The van der Waals surface area contributed by atoms with Crippen LogP contribution in [0, 0.1) is 0 Å². The van der Waals surface area contributed by atoms with E-state index in [1.807, 2.05) is 12.1 Å². The smallest absolute Gasteiger partial charge is 0.164 e. The molecular formula is C12H20N2O3S2. The van der Waals surface area contributed by atoms with Gasteiger partial charge in [-0.1, -0.05) is 0 Å². The molecule has 1 aliphatic rings. The molecule has 7 heteroatoms. The number of nitrogens with zero attached hydrogens (tertiary/aromatic N) is 1. The molecule has 1 fully saturated rings. The van der Waals surface area contributed by atoms with Crippen molar-refractivity contribution in [2.24, 2.45) is 0 Å². The van der Waals surface area contributed by atoms with Crippen LogP contribution in [0.4, 0.5) is 0 Å². The van der Waals surface area contributed by atoms with Crippen molar-refractivity contribution < 1.29 is 12.8 Å². The highest BCUT2D eigenvalue weighted by atomic mass is 32.2. The lowest BCUT2D eigenvalue weighted by molar-refractivity contribution is 0.268. The molecule has 1 aliphatic heterocycles. The van der Waals surface area contributed by atoms with Gasteiger partial charge in [0.1, 0.15) is 11.1 Å². The molecule has 0 aliphatic carbocycles. The second kappa shape index (κ2) is 6.78. The molecule has 1 aromatic heterocycles. The molecule has 2 heterocycles. The van der Waals surface area contributed by atoms with E-state index in [2.05, 4.69) is 10.2 Å². The molecule has 2 rings (SSSR count). The van der Waals surface area contributed by atoms with Crippen LogP contribution in [0.15, 0.2) is 22.8 Å². The van der Waals surface area contributed by atoms with Gasteiger partial charge in [-0.25, -0.2) is 8.42 Å². The first-order valence-electron chi connectivity index (χ1n) is 6.31. The van der Waals surface area contributed by atoms with Crippen molar-refractivity contribution in [1.29, 1.82) is 0 Å². The number of hydrogen-bond donors (Lipinski definition) is 1. The van der Waals surface area contributed by atoms with Crippen LogP contribution < -0.4 is 5.32 Å². The maximum absolute atomic E-state index is 11.7. The molecule has 19 heavy (non-hydrogen) atoms. The van der Waals surface area contributed by atoms with Crippen LogP contribution in [0.25, 0.3) is 0 Å². The second-order valence-corrected chi connectivity index (χ2v) is 8.00. The normalized spacial score (nSPS) is 21.6. The largest absolute Gasteiger partial charge is 0.468 e. The maximum atomic E-state index is 11.7. The zero-order valence-electron chi connectivity index (χ0n) is 11.0. The summed E-state index contributed by atoms with van der Waals surface area (Å²) >= 11 is 1.71. The molecule has 0 amide bonds. The lowest BCUT2D eigenvalue weighted by Crippen LogP contribution is -2.49. The Kier molecular flexibility index (Phi) is 5.32. The fraction of sp³-hybridized carbons (Fsp3) is 0.667. The Morgan fingerprint density at radius 1 is 1.58 bits per heavy atom. The summed E-state index contributed by atoms with van der Waals surface area (Å²) in [7, 11) is -3.00. The van der Waals surface area contributed by atoms with E-state index in [9.17, 15) is 8.42 Å². The van der Waals surface area contributed by atoms with Crippen molar-refractivity contribution in [3.63, 3.8) is 0 Å². The van der Waals surface area contributed by atoms with Gasteiger partial charge < -0.3 is 9.73 Å². The Hall–Kier alpha value is -0.500. The predicted octanol–water partition coefficient (Wildman–Crippen LogP) is 0.789. The van der Waals surface area contributed by atoms with Crippen molar-refractivity contribution in [3.05, 3.63) is 24.2 Å². The summed E-state index contributed by atoms with van der Waals surface area (Å²) in [5.74, 6) is 2.58. The van der Waals surface area contributed by atoms with Gasteiger partial charge in [-0.3, -0.25) is 4.90 Å². The molecule has 5 nitrogen and oxygen atoms in total. The van der Waals surface area contributed by atoms with Crippen LogP contribution in [0.2, 0.25) is 0 Å². The number of rotatable bonds is 6. The molecule has 1 aromatic rings.